The van der Waals surface area contributed by atoms with Crippen LogP contribution in [0.4, 0.5) is 0 Å². The van der Waals surface area contributed by atoms with Crippen molar-refractivity contribution in [3.8, 4) is 0 Å². The zero-order valence-corrected chi connectivity index (χ0v) is 17.7. The Bertz CT molecular complexity index is 1030. The zero-order chi connectivity index (χ0) is 21.1. The summed E-state index contributed by atoms with van der Waals surface area (Å²) in [6.07, 6.45) is 9.60. The predicted octanol–water partition coefficient (Wildman–Crippen LogP) is 4.02. The Kier molecular flexibility index (Phi) is 7.58. The molecule has 0 bridgehead atoms. The molecule has 31 heavy (non-hydrogen) atoms. The molecule has 5 nitrogen and oxygen atoms in total. The molecule has 3 N–H and O–H groups in total. The summed E-state index contributed by atoms with van der Waals surface area (Å²) in [6.45, 7) is 3.36. The largest absolute Gasteiger partial charge is 0.367 e. The molecule has 3 aromatic heterocycles. The standard InChI is InChI=1S/C26H29N5/c1-3-11-30-25(5-1)10-14-28-19-23-8-7-21(15-24(23)16-22-9-13-27-17-22)18-29-20-26-6-2-4-12-31-26/h1-9,11-13,15,17,27-29H,10,14,16,18-20H2. The minimum atomic E-state index is 0.769. The molecule has 4 rings (SSSR count). The van der Waals surface area contributed by atoms with Gasteiger partial charge in [-0.2, -0.15) is 0 Å². The molecule has 0 radical (unpaired) electrons. The summed E-state index contributed by atoms with van der Waals surface area (Å²) in [5, 5.41) is 7.09. The number of hydrogen-bond acceptors (Lipinski definition) is 4. The Morgan fingerprint density at radius 1 is 0.710 bits per heavy atom. The van der Waals surface area contributed by atoms with Gasteiger partial charge in [0.25, 0.3) is 0 Å². The van der Waals surface area contributed by atoms with Crippen LogP contribution >= 0.6 is 0 Å². The highest BCUT2D eigenvalue weighted by atomic mass is 14.9. The van der Waals surface area contributed by atoms with E-state index in [9.17, 15) is 0 Å². The Labute approximate surface area is 184 Å². The third-order valence-electron chi connectivity index (χ3n) is 5.29. The zero-order valence-electron chi connectivity index (χ0n) is 17.7. The van der Waals surface area contributed by atoms with Crippen LogP contribution in [0, 0.1) is 0 Å². The lowest BCUT2D eigenvalue weighted by Crippen LogP contribution is -2.18. The van der Waals surface area contributed by atoms with Crippen molar-refractivity contribution in [2.75, 3.05) is 6.54 Å². The van der Waals surface area contributed by atoms with Crippen LogP contribution in [-0.4, -0.2) is 21.5 Å². The quantitative estimate of drug-likeness (QED) is 0.326. The van der Waals surface area contributed by atoms with Crippen molar-refractivity contribution >= 4 is 0 Å². The fourth-order valence-electron chi connectivity index (χ4n) is 3.64. The molecule has 0 spiro atoms. The van der Waals surface area contributed by atoms with Crippen LogP contribution in [0.15, 0.2) is 85.5 Å². The first-order valence-electron chi connectivity index (χ1n) is 10.8. The van der Waals surface area contributed by atoms with Crippen molar-refractivity contribution in [3.05, 3.63) is 119 Å². The molecule has 1 aromatic carbocycles. The monoisotopic (exact) mass is 411 g/mol. The maximum Gasteiger partial charge on any atom is 0.0541 e. The second-order valence-electron chi connectivity index (χ2n) is 7.67. The molecule has 0 saturated heterocycles. The van der Waals surface area contributed by atoms with E-state index in [4.69, 9.17) is 0 Å². The van der Waals surface area contributed by atoms with Crippen LogP contribution in [0.25, 0.3) is 0 Å². The highest BCUT2D eigenvalue weighted by Gasteiger charge is 2.07. The topological polar surface area (TPSA) is 65.6 Å². The second kappa shape index (κ2) is 11.2. The average Bonchev–Trinajstić information content (AvgIpc) is 3.32. The van der Waals surface area contributed by atoms with Gasteiger partial charge in [-0.15, -0.1) is 0 Å². The summed E-state index contributed by atoms with van der Waals surface area (Å²) in [7, 11) is 0. The van der Waals surface area contributed by atoms with E-state index in [2.05, 4.69) is 62.1 Å². The van der Waals surface area contributed by atoms with Crippen LogP contribution in [-0.2, 0) is 32.5 Å². The third kappa shape index (κ3) is 6.60. The maximum absolute atomic E-state index is 4.40. The Balaban J connectivity index is 1.36. The molecule has 0 saturated carbocycles. The molecule has 0 aliphatic carbocycles. The van der Waals surface area contributed by atoms with Gasteiger partial charge in [-0.25, -0.2) is 0 Å². The maximum atomic E-state index is 4.40. The predicted molar refractivity (Wildman–Crippen MR) is 124 cm³/mol. The lowest BCUT2D eigenvalue weighted by Gasteiger charge is -2.13. The van der Waals surface area contributed by atoms with Crippen molar-refractivity contribution in [1.29, 1.82) is 0 Å². The average molecular weight is 412 g/mol. The molecule has 0 aliphatic rings. The molecule has 0 amide bonds. The number of rotatable bonds is 11. The summed E-state index contributed by atoms with van der Waals surface area (Å²) in [6, 6.07) is 21.0. The molecule has 0 atom stereocenters. The fraction of sp³-hybridized carbons (Fsp3) is 0.231. The van der Waals surface area contributed by atoms with Gasteiger partial charge >= 0.3 is 0 Å². The Morgan fingerprint density at radius 2 is 1.55 bits per heavy atom. The summed E-state index contributed by atoms with van der Waals surface area (Å²) < 4.78 is 0. The molecule has 0 fully saturated rings. The summed E-state index contributed by atoms with van der Waals surface area (Å²) in [5.74, 6) is 0. The second-order valence-corrected chi connectivity index (χ2v) is 7.67. The van der Waals surface area contributed by atoms with Crippen LogP contribution in [0.3, 0.4) is 0 Å². The minimum Gasteiger partial charge on any atom is -0.367 e. The van der Waals surface area contributed by atoms with Crippen molar-refractivity contribution in [1.82, 2.24) is 25.6 Å². The molecule has 5 heteroatoms. The first-order chi connectivity index (χ1) is 15.4. The summed E-state index contributed by atoms with van der Waals surface area (Å²) in [5.41, 5.74) is 7.48. The van der Waals surface area contributed by atoms with Crippen LogP contribution in [0.2, 0.25) is 0 Å². The summed E-state index contributed by atoms with van der Waals surface area (Å²) >= 11 is 0. The van der Waals surface area contributed by atoms with Crippen molar-refractivity contribution in [2.24, 2.45) is 0 Å². The van der Waals surface area contributed by atoms with Crippen LogP contribution < -0.4 is 10.6 Å². The number of nitrogens with one attached hydrogen (secondary N) is 3. The van der Waals surface area contributed by atoms with Crippen molar-refractivity contribution in [3.63, 3.8) is 0 Å². The molecule has 0 unspecified atom stereocenters. The number of pyridine rings is 2. The van der Waals surface area contributed by atoms with Gasteiger partial charge in [0.2, 0.25) is 0 Å². The normalized spacial score (nSPS) is 11.0. The number of aromatic nitrogens is 3. The smallest absolute Gasteiger partial charge is 0.0541 e. The van der Waals surface area contributed by atoms with Gasteiger partial charge in [0, 0.05) is 63.1 Å². The SMILES string of the molecule is c1ccc(CCNCc2ccc(CNCc3ccccn3)cc2Cc2cc[nH]c2)nc1. The molecule has 0 aliphatic heterocycles. The van der Waals surface area contributed by atoms with Crippen molar-refractivity contribution in [2.45, 2.75) is 32.5 Å². The molecule has 3 heterocycles. The molecule has 4 aromatic rings. The Hall–Kier alpha value is -3.28. The van der Waals surface area contributed by atoms with Crippen LogP contribution in [0.1, 0.15) is 33.6 Å². The molecular formula is C26H29N5. The number of H-pyrrole nitrogens is 1. The first kappa shape index (κ1) is 21.0. The van der Waals surface area contributed by atoms with Gasteiger partial charge in [0.1, 0.15) is 0 Å². The lowest BCUT2D eigenvalue weighted by molar-refractivity contribution is 0.670. The number of hydrogen-bond donors (Lipinski definition) is 3. The van der Waals surface area contributed by atoms with Crippen LogP contribution in [0.5, 0.6) is 0 Å². The summed E-state index contributed by atoms with van der Waals surface area (Å²) in [4.78, 5) is 11.9. The number of nitrogens with zero attached hydrogens (tertiary/aromatic N) is 2. The van der Waals surface area contributed by atoms with E-state index in [1.807, 2.05) is 48.9 Å². The van der Waals surface area contributed by atoms with Gasteiger partial charge in [0.15, 0.2) is 0 Å². The van der Waals surface area contributed by atoms with E-state index in [1.54, 1.807) is 0 Å². The van der Waals surface area contributed by atoms with E-state index < -0.39 is 0 Å². The lowest BCUT2D eigenvalue weighted by atomic mass is 9.98. The highest BCUT2D eigenvalue weighted by molar-refractivity contribution is 5.36. The molecular weight excluding hydrogens is 382 g/mol. The Morgan fingerprint density at radius 3 is 2.29 bits per heavy atom. The van der Waals surface area contributed by atoms with E-state index in [0.29, 0.717) is 0 Å². The van der Waals surface area contributed by atoms with Gasteiger partial charge in [0.05, 0.1) is 5.69 Å². The number of aromatic amines is 1. The first-order valence-corrected chi connectivity index (χ1v) is 10.8. The van der Waals surface area contributed by atoms with Gasteiger partial charge < -0.3 is 15.6 Å². The fourth-order valence-corrected chi connectivity index (χ4v) is 3.64. The van der Waals surface area contributed by atoms with Gasteiger partial charge in [-0.3, -0.25) is 9.97 Å². The van der Waals surface area contributed by atoms with E-state index >= 15 is 0 Å². The van der Waals surface area contributed by atoms with Crippen molar-refractivity contribution < 1.29 is 0 Å². The number of benzene rings is 1. The highest BCUT2D eigenvalue weighted by Crippen LogP contribution is 2.17. The van der Waals surface area contributed by atoms with E-state index in [-0.39, 0.29) is 0 Å². The van der Waals surface area contributed by atoms with Gasteiger partial charge in [-0.1, -0.05) is 30.3 Å². The van der Waals surface area contributed by atoms with E-state index in [1.165, 1.54) is 22.3 Å². The molecule has 158 valence electrons. The minimum absolute atomic E-state index is 0.769. The van der Waals surface area contributed by atoms with Gasteiger partial charge in [-0.05, 0) is 59.0 Å². The third-order valence-corrected chi connectivity index (χ3v) is 5.29. The van der Waals surface area contributed by atoms with E-state index in [0.717, 1.165) is 50.4 Å².